The number of β-amino-alcohol motifs (C(OH)–C–C–N with tert-alkyl or cyclic N) is 1. The molecule has 0 aliphatic carbocycles. The number of aromatic nitrogens is 2. The van der Waals surface area contributed by atoms with E-state index in [0.29, 0.717) is 24.9 Å². The number of aliphatic hydroxyl groups excluding tert-OH is 1. The number of halogens is 1. The smallest absolute Gasteiger partial charge is 0.242 e. The van der Waals surface area contributed by atoms with Crippen LogP contribution in [0.3, 0.4) is 0 Å². The van der Waals surface area contributed by atoms with Crippen LogP contribution in [0, 0.1) is 0 Å². The third-order valence-corrected chi connectivity index (χ3v) is 3.43. The number of carbonyl (C=O) groups excluding carboxylic acids is 1. The number of carbonyl (C=O) groups is 1. The second-order valence-corrected chi connectivity index (χ2v) is 4.61. The van der Waals surface area contributed by atoms with Crippen LogP contribution in [0.4, 0.5) is 0 Å². The third-order valence-electron chi connectivity index (χ3n) is 3.11. The van der Waals surface area contributed by atoms with E-state index >= 15 is 0 Å². The maximum atomic E-state index is 12.0. The molecule has 2 heterocycles. The van der Waals surface area contributed by atoms with Crippen molar-refractivity contribution in [3.05, 3.63) is 17.7 Å². The number of rotatable bonds is 4. The van der Waals surface area contributed by atoms with E-state index in [0.717, 1.165) is 13.1 Å². The Labute approximate surface area is 111 Å². The number of amides is 1. The monoisotopic (exact) mass is 272 g/mol. The lowest BCUT2D eigenvalue weighted by Gasteiger charge is -2.34. The van der Waals surface area contributed by atoms with Gasteiger partial charge in [-0.25, -0.2) is 4.98 Å². The van der Waals surface area contributed by atoms with Crippen molar-refractivity contribution in [1.82, 2.24) is 19.4 Å². The summed E-state index contributed by atoms with van der Waals surface area (Å²) in [6, 6.07) is 0. The molecule has 0 aromatic carbocycles. The average molecular weight is 273 g/mol. The molecule has 1 aromatic heterocycles. The molecule has 0 bridgehead atoms. The van der Waals surface area contributed by atoms with Crippen LogP contribution in [0.2, 0.25) is 5.28 Å². The van der Waals surface area contributed by atoms with Crippen LogP contribution in [0.25, 0.3) is 0 Å². The first-order valence-electron chi connectivity index (χ1n) is 5.98. The van der Waals surface area contributed by atoms with E-state index in [1.54, 1.807) is 17.0 Å². The molecule has 1 aliphatic rings. The van der Waals surface area contributed by atoms with Gasteiger partial charge >= 0.3 is 0 Å². The zero-order valence-electron chi connectivity index (χ0n) is 10.1. The molecule has 7 heteroatoms. The molecular weight excluding hydrogens is 256 g/mol. The van der Waals surface area contributed by atoms with Crippen molar-refractivity contribution in [2.75, 3.05) is 39.3 Å². The largest absolute Gasteiger partial charge is 0.395 e. The quantitative estimate of drug-likeness (QED) is 0.816. The molecule has 1 aliphatic heterocycles. The minimum absolute atomic E-state index is 0.0542. The summed E-state index contributed by atoms with van der Waals surface area (Å²) in [5, 5.41) is 9.18. The highest BCUT2D eigenvalue weighted by Crippen LogP contribution is 2.07. The zero-order valence-corrected chi connectivity index (χ0v) is 10.9. The normalized spacial score (nSPS) is 17.1. The Bertz CT molecular complexity index is 402. The number of hydrogen-bond acceptors (Lipinski definition) is 4. The van der Waals surface area contributed by atoms with E-state index in [1.807, 2.05) is 4.90 Å². The summed E-state index contributed by atoms with van der Waals surface area (Å²) in [5.74, 6) is 0.0542. The highest BCUT2D eigenvalue weighted by molar-refractivity contribution is 6.28. The number of nitrogens with zero attached hydrogens (tertiary/aromatic N) is 4. The number of imidazole rings is 1. The maximum Gasteiger partial charge on any atom is 0.242 e. The van der Waals surface area contributed by atoms with Crippen molar-refractivity contribution in [3.63, 3.8) is 0 Å². The molecule has 100 valence electrons. The lowest BCUT2D eigenvalue weighted by Crippen LogP contribution is -2.50. The predicted molar refractivity (Wildman–Crippen MR) is 67.3 cm³/mol. The van der Waals surface area contributed by atoms with Gasteiger partial charge in [0.15, 0.2) is 0 Å². The summed E-state index contributed by atoms with van der Waals surface area (Å²) in [6.45, 7) is 4.09. The molecule has 1 fully saturated rings. The van der Waals surface area contributed by atoms with Gasteiger partial charge in [-0.3, -0.25) is 9.69 Å². The molecule has 0 saturated carbocycles. The minimum Gasteiger partial charge on any atom is -0.395 e. The second kappa shape index (κ2) is 6.17. The standard InChI is InChI=1S/C11H17ClN4O2/c12-11-13-1-2-16(11)9-10(18)15-5-3-14(4-6-15)7-8-17/h1-2,17H,3-9H2. The molecule has 0 atom stereocenters. The van der Waals surface area contributed by atoms with Crippen molar-refractivity contribution in [2.24, 2.45) is 0 Å². The predicted octanol–water partition coefficient (Wildman–Crippen LogP) is -0.327. The lowest BCUT2D eigenvalue weighted by molar-refractivity contribution is -0.133. The minimum atomic E-state index is 0.0542. The SMILES string of the molecule is O=C(Cn1ccnc1Cl)N1CCN(CCO)CC1. The first kappa shape index (κ1) is 13.3. The van der Waals surface area contributed by atoms with E-state index in [2.05, 4.69) is 9.88 Å². The van der Waals surface area contributed by atoms with Crippen LogP contribution in [-0.4, -0.2) is 69.7 Å². The van der Waals surface area contributed by atoms with Gasteiger partial charge in [0.1, 0.15) is 6.54 Å². The van der Waals surface area contributed by atoms with Gasteiger partial charge in [-0.05, 0) is 11.6 Å². The van der Waals surface area contributed by atoms with Crippen molar-refractivity contribution >= 4 is 17.5 Å². The summed E-state index contributed by atoms with van der Waals surface area (Å²) in [5.41, 5.74) is 0. The molecule has 1 N–H and O–H groups in total. The Balaban J connectivity index is 1.83. The molecule has 0 spiro atoms. The van der Waals surface area contributed by atoms with Crippen LogP contribution >= 0.6 is 11.6 Å². The third kappa shape index (κ3) is 3.22. The van der Waals surface area contributed by atoms with Crippen molar-refractivity contribution < 1.29 is 9.90 Å². The second-order valence-electron chi connectivity index (χ2n) is 4.27. The summed E-state index contributed by atoms with van der Waals surface area (Å²) in [6.07, 6.45) is 3.27. The van der Waals surface area contributed by atoms with Gasteiger partial charge in [-0.2, -0.15) is 0 Å². The van der Waals surface area contributed by atoms with E-state index in [-0.39, 0.29) is 19.1 Å². The van der Waals surface area contributed by atoms with E-state index < -0.39 is 0 Å². The summed E-state index contributed by atoms with van der Waals surface area (Å²) in [7, 11) is 0. The molecule has 18 heavy (non-hydrogen) atoms. The van der Waals surface area contributed by atoms with Crippen molar-refractivity contribution in [1.29, 1.82) is 0 Å². The van der Waals surface area contributed by atoms with Crippen LogP contribution < -0.4 is 0 Å². The fourth-order valence-electron chi connectivity index (χ4n) is 2.04. The molecule has 6 nitrogen and oxygen atoms in total. The first-order valence-corrected chi connectivity index (χ1v) is 6.36. The Morgan fingerprint density at radius 1 is 1.39 bits per heavy atom. The van der Waals surface area contributed by atoms with Crippen LogP contribution in [-0.2, 0) is 11.3 Å². The highest BCUT2D eigenvalue weighted by atomic mass is 35.5. The molecule has 1 saturated heterocycles. The first-order chi connectivity index (χ1) is 8.70. The Morgan fingerprint density at radius 3 is 2.67 bits per heavy atom. The zero-order chi connectivity index (χ0) is 13.0. The summed E-state index contributed by atoms with van der Waals surface area (Å²) >= 11 is 5.83. The molecule has 0 unspecified atom stereocenters. The lowest BCUT2D eigenvalue weighted by atomic mass is 10.3. The van der Waals surface area contributed by atoms with Gasteiger partial charge in [-0.15, -0.1) is 0 Å². The highest BCUT2D eigenvalue weighted by Gasteiger charge is 2.21. The van der Waals surface area contributed by atoms with Crippen LogP contribution in [0.1, 0.15) is 0 Å². The fourth-order valence-corrected chi connectivity index (χ4v) is 2.21. The average Bonchev–Trinajstić information content (AvgIpc) is 2.76. The van der Waals surface area contributed by atoms with E-state index in [1.165, 1.54) is 0 Å². The molecule has 0 radical (unpaired) electrons. The van der Waals surface area contributed by atoms with Gasteiger partial charge in [0.25, 0.3) is 0 Å². The van der Waals surface area contributed by atoms with E-state index in [9.17, 15) is 4.79 Å². The molecule has 2 rings (SSSR count). The Morgan fingerprint density at radius 2 is 2.11 bits per heavy atom. The molecule has 1 amide bonds. The van der Waals surface area contributed by atoms with Crippen LogP contribution in [0.15, 0.2) is 12.4 Å². The van der Waals surface area contributed by atoms with Gasteiger partial charge in [0.2, 0.25) is 11.2 Å². The Kier molecular flexibility index (Phi) is 4.57. The van der Waals surface area contributed by atoms with Gasteiger partial charge in [0.05, 0.1) is 6.61 Å². The van der Waals surface area contributed by atoms with Crippen molar-refractivity contribution in [3.8, 4) is 0 Å². The van der Waals surface area contributed by atoms with Gasteiger partial charge in [-0.1, -0.05) is 0 Å². The number of aliphatic hydroxyl groups is 1. The number of hydrogen-bond donors (Lipinski definition) is 1. The van der Waals surface area contributed by atoms with Crippen molar-refractivity contribution in [2.45, 2.75) is 6.54 Å². The topological polar surface area (TPSA) is 61.6 Å². The molecule has 1 aromatic rings. The number of piperazine rings is 1. The Hall–Kier alpha value is -1.11. The summed E-state index contributed by atoms with van der Waals surface area (Å²) < 4.78 is 1.63. The summed E-state index contributed by atoms with van der Waals surface area (Å²) in [4.78, 5) is 19.9. The maximum absolute atomic E-state index is 12.0. The molecular formula is C11H17ClN4O2. The van der Waals surface area contributed by atoms with E-state index in [4.69, 9.17) is 16.7 Å². The fraction of sp³-hybridized carbons (Fsp3) is 0.636. The van der Waals surface area contributed by atoms with Crippen LogP contribution in [0.5, 0.6) is 0 Å². The van der Waals surface area contributed by atoms with Gasteiger partial charge in [0, 0.05) is 45.1 Å². The van der Waals surface area contributed by atoms with Gasteiger partial charge < -0.3 is 14.6 Å².